The maximum Gasteiger partial charge on any atom is 0.218 e. The average Bonchev–Trinajstić information content (AvgIpc) is 3.44. The molecule has 1 aromatic heterocycles. The Morgan fingerprint density at radius 3 is 2.88 bits per heavy atom. The number of aliphatic hydroxyl groups is 3. The van der Waals surface area contributed by atoms with Gasteiger partial charge in [-0.1, -0.05) is 31.6 Å². The van der Waals surface area contributed by atoms with Crippen molar-refractivity contribution in [1.29, 1.82) is 0 Å². The number of carbonyl (C=O) groups excluding carboxylic acids is 1. The Morgan fingerprint density at radius 1 is 1.32 bits per heavy atom. The number of rotatable bonds is 7. The third-order valence-electron chi connectivity index (χ3n) is 11.0. The second-order valence-corrected chi connectivity index (χ2v) is 13.3. The zero-order valence-electron chi connectivity index (χ0n) is 23.5. The molecule has 0 spiro atoms. The number of fused-ring (bicyclic) bond motifs is 6. The second kappa shape index (κ2) is 10.1. The van der Waals surface area contributed by atoms with Gasteiger partial charge < -0.3 is 20.1 Å². The monoisotopic (exact) mass is 567 g/mol. The van der Waals surface area contributed by atoms with Gasteiger partial charge in [0.1, 0.15) is 11.8 Å². The molecule has 2 aromatic rings. The van der Waals surface area contributed by atoms with Gasteiger partial charge in [0.25, 0.3) is 0 Å². The summed E-state index contributed by atoms with van der Waals surface area (Å²) in [7, 11) is 1.63. The van der Waals surface area contributed by atoms with E-state index < -0.39 is 28.5 Å². The number of nitrogens with one attached hydrogen (secondary N) is 1. The van der Waals surface area contributed by atoms with Crippen molar-refractivity contribution in [3.8, 4) is 5.69 Å². The van der Waals surface area contributed by atoms with Gasteiger partial charge in [-0.25, -0.2) is 4.68 Å². The number of methoxy groups -OCH3 is 1. The number of hydrogen-bond acceptors (Lipinski definition) is 7. The largest absolute Gasteiger partial charge is 0.393 e. The lowest BCUT2D eigenvalue weighted by atomic mass is 9.45. The lowest BCUT2D eigenvalue weighted by Gasteiger charge is -2.60. The minimum atomic E-state index is -1.48. The van der Waals surface area contributed by atoms with Crippen molar-refractivity contribution in [2.45, 2.75) is 70.3 Å². The Bertz CT molecular complexity index is 1340. The maximum atomic E-state index is 12.5. The first-order chi connectivity index (χ1) is 19.0. The summed E-state index contributed by atoms with van der Waals surface area (Å²) in [6, 6.07) is 7.78. The van der Waals surface area contributed by atoms with Crippen molar-refractivity contribution in [1.82, 2.24) is 15.1 Å². The summed E-state index contributed by atoms with van der Waals surface area (Å²) in [5.74, 6) is 0.463. The van der Waals surface area contributed by atoms with E-state index in [-0.39, 0.29) is 23.2 Å². The van der Waals surface area contributed by atoms with Crippen LogP contribution in [0.1, 0.15) is 69.0 Å². The highest BCUT2D eigenvalue weighted by Crippen LogP contribution is 2.67. The highest BCUT2D eigenvalue weighted by Gasteiger charge is 2.68. The van der Waals surface area contributed by atoms with Gasteiger partial charge in [-0.15, -0.1) is 12.6 Å². The quantitative estimate of drug-likeness (QED) is 0.198. The smallest absolute Gasteiger partial charge is 0.218 e. The number of ether oxygens (including phenoxy) is 1. The van der Waals surface area contributed by atoms with Crippen molar-refractivity contribution in [3.63, 3.8) is 0 Å². The van der Waals surface area contributed by atoms with Crippen LogP contribution in [-0.2, 0) is 16.0 Å². The normalized spacial score (nSPS) is 37.1. The van der Waals surface area contributed by atoms with Crippen molar-refractivity contribution >= 4 is 23.8 Å². The molecular formula is C31H41N3O5S. The first-order valence-electron chi connectivity index (χ1n) is 14.5. The van der Waals surface area contributed by atoms with E-state index in [9.17, 15) is 20.1 Å². The van der Waals surface area contributed by atoms with E-state index in [0.717, 1.165) is 48.2 Å². The number of allylic oxidation sites excluding steroid dienone is 1. The van der Waals surface area contributed by atoms with E-state index in [0.29, 0.717) is 26.0 Å². The summed E-state index contributed by atoms with van der Waals surface area (Å²) in [5.41, 5.74) is 2.81. The molecule has 0 saturated heterocycles. The molecule has 0 amide bonds. The standard InChI is InChI=1S/C31H41N3O5S/c1-29-15-19-17-33-34(21-6-4-5-18(13-21)27(36)32-11-12-39-3)24(19)14-20(29)7-8-22-23-9-10-31(38,28(37)40)30(23,2)16-25(35)26(22)29/h4-6,13-14,17,22-23,25-27,32,35-36,38H,7-12,15-16H2,1-3H3,(H,37,40)/t22-,23-,25-,26+,27?,29-,30-,31-/m0/s1. The molecule has 1 unspecified atom stereocenters. The van der Waals surface area contributed by atoms with Crippen LogP contribution in [0.3, 0.4) is 0 Å². The third-order valence-corrected chi connectivity index (χ3v) is 11.4. The van der Waals surface area contributed by atoms with Crippen LogP contribution in [0.25, 0.3) is 11.8 Å². The zero-order valence-corrected chi connectivity index (χ0v) is 24.4. The summed E-state index contributed by atoms with van der Waals surface area (Å²) in [6.07, 6.45) is 7.02. The Balaban J connectivity index is 1.30. The highest BCUT2D eigenvalue weighted by molar-refractivity contribution is 7.96. The Kier molecular flexibility index (Phi) is 7.08. The molecule has 4 aliphatic carbocycles. The molecule has 0 bridgehead atoms. The fourth-order valence-electron chi connectivity index (χ4n) is 8.99. The summed E-state index contributed by atoms with van der Waals surface area (Å²) < 4.78 is 7.02. The van der Waals surface area contributed by atoms with Gasteiger partial charge in [-0.3, -0.25) is 10.1 Å². The number of carbonyl (C=O) groups is 1. The Labute approximate surface area is 241 Å². The second-order valence-electron chi connectivity index (χ2n) is 12.9. The molecule has 0 radical (unpaired) electrons. The van der Waals surface area contributed by atoms with E-state index in [1.54, 1.807) is 7.11 Å². The lowest BCUT2D eigenvalue weighted by molar-refractivity contribution is -0.173. The van der Waals surface area contributed by atoms with Crippen molar-refractivity contribution in [2.24, 2.45) is 28.6 Å². The van der Waals surface area contributed by atoms with Crippen LogP contribution in [0.4, 0.5) is 0 Å². The van der Waals surface area contributed by atoms with Crippen LogP contribution in [0.5, 0.6) is 0 Å². The fourth-order valence-corrected chi connectivity index (χ4v) is 9.36. The van der Waals surface area contributed by atoms with Crippen LogP contribution in [0, 0.1) is 28.6 Å². The molecule has 9 heteroatoms. The molecule has 1 aromatic carbocycles. The minimum Gasteiger partial charge on any atom is -0.393 e. The van der Waals surface area contributed by atoms with Crippen LogP contribution in [0.15, 0.2) is 36.0 Å². The average molecular weight is 568 g/mol. The highest BCUT2D eigenvalue weighted by atomic mass is 32.1. The van der Waals surface area contributed by atoms with Crippen LogP contribution >= 0.6 is 12.6 Å². The fraction of sp³-hybridized carbons (Fsp3) is 0.613. The molecule has 216 valence electrons. The van der Waals surface area contributed by atoms with Crippen molar-refractivity contribution < 1.29 is 24.9 Å². The summed E-state index contributed by atoms with van der Waals surface area (Å²) in [6.45, 7) is 5.34. The third kappa shape index (κ3) is 4.07. The van der Waals surface area contributed by atoms with Gasteiger partial charge in [0.2, 0.25) is 5.12 Å². The predicted molar refractivity (Wildman–Crippen MR) is 155 cm³/mol. The van der Waals surface area contributed by atoms with Crippen LogP contribution in [0.2, 0.25) is 0 Å². The lowest BCUT2D eigenvalue weighted by Crippen LogP contribution is -2.61. The minimum absolute atomic E-state index is 0.0519. The maximum absolute atomic E-state index is 12.5. The zero-order chi connectivity index (χ0) is 28.4. The SMILES string of the molecule is COCCNC(O)c1cccc(-n2ncc3c2C=C2CC[C@@H]4[C@H]([C@@H](O)C[C@@]5(C)[C@H]4CC[C@]5(O)C(=O)S)[C@@]2(C)C3)c1. The molecule has 4 aliphatic rings. The topological polar surface area (TPSA) is 117 Å². The molecule has 3 saturated carbocycles. The number of thiol groups is 1. The molecule has 0 aliphatic heterocycles. The van der Waals surface area contributed by atoms with Gasteiger partial charge in [0.05, 0.1) is 30.3 Å². The van der Waals surface area contributed by atoms with E-state index >= 15 is 0 Å². The van der Waals surface area contributed by atoms with Gasteiger partial charge >= 0.3 is 0 Å². The van der Waals surface area contributed by atoms with Gasteiger partial charge in [0.15, 0.2) is 0 Å². The number of aromatic nitrogens is 2. The molecule has 8 nitrogen and oxygen atoms in total. The molecule has 8 atom stereocenters. The van der Waals surface area contributed by atoms with Crippen LogP contribution < -0.4 is 5.32 Å². The summed E-state index contributed by atoms with van der Waals surface area (Å²) in [4.78, 5) is 12.5. The van der Waals surface area contributed by atoms with Crippen LogP contribution in [-0.4, -0.2) is 62.2 Å². The van der Waals surface area contributed by atoms with E-state index in [1.807, 2.05) is 42.1 Å². The number of benzene rings is 1. The number of aliphatic hydroxyl groups excluding tert-OH is 2. The summed E-state index contributed by atoms with van der Waals surface area (Å²) in [5, 5.41) is 41.1. The van der Waals surface area contributed by atoms with E-state index in [1.165, 1.54) is 5.57 Å². The van der Waals surface area contributed by atoms with E-state index in [4.69, 9.17) is 9.84 Å². The molecule has 40 heavy (non-hydrogen) atoms. The molecule has 6 rings (SSSR count). The molecule has 4 N–H and O–H groups in total. The Morgan fingerprint density at radius 2 is 2.12 bits per heavy atom. The van der Waals surface area contributed by atoms with Gasteiger partial charge in [-0.05, 0) is 91.0 Å². The first-order valence-corrected chi connectivity index (χ1v) is 14.9. The van der Waals surface area contributed by atoms with E-state index in [2.05, 4.69) is 30.9 Å². The first kappa shape index (κ1) is 28.1. The molecular weight excluding hydrogens is 526 g/mol. The van der Waals surface area contributed by atoms with Crippen molar-refractivity contribution in [3.05, 3.63) is 52.9 Å². The van der Waals surface area contributed by atoms with Crippen molar-refractivity contribution in [2.75, 3.05) is 20.3 Å². The Hall–Kier alpha value is -2.01. The summed E-state index contributed by atoms with van der Waals surface area (Å²) >= 11 is 4.08. The molecule has 1 heterocycles. The van der Waals surface area contributed by atoms with Gasteiger partial charge in [0, 0.05) is 19.1 Å². The molecule has 3 fully saturated rings. The van der Waals surface area contributed by atoms with Gasteiger partial charge in [-0.2, -0.15) is 5.10 Å². The number of hydrogen-bond donors (Lipinski definition) is 5. The predicted octanol–water partition coefficient (Wildman–Crippen LogP) is 3.44. The number of nitrogens with zero attached hydrogens (tertiary/aromatic N) is 2.